The lowest BCUT2D eigenvalue weighted by atomic mass is 10.0. The van der Waals surface area contributed by atoms with Crippen LogP contribution in [-0.4, -0.2) is 41.3 Å². The Morgan fingerprint density at radius 1 is 1.11 bits per heavy atom. The summed E-state index contributed by atoms with van der Waals surface area (Å²) in [5, 5.41) is 3.01. The molecular weight excluding hydrogens is 438 g/mol. The van der Waals surface area contributed by atoms with E-state index in [1.54, 1.807) is 0 Å². The highest BCUT2D eigenvalue weighted by Crippen LogP contribution is 2.20. The second kappa shape index (κ2) is 12.7. The molecule has 0 saturated carbocycles. The molecule has 1 fully saturated rings. The Kier molecular flexibility index (Phi) is 9.18. The van der Waals surface area contributed by atoms with Crippen molar-refractivity contribution in [3.8, 4) is 5.75 Å². The fraction of sp³-hybridized carbons (Fsp3) is 0.517. The van der Waals surface area contributed by atoms with Crippen LogP contribution in [0.4, 0.5) is 0 Å². The first-order valence-electron chi connectivity index (χ1n) is 13.2. The molecule has 1 unspecified atom stereocenters. The van der Waals surface area contributed by atoms with Gasteiger partial charge in [0.15, 0.2) is 0 Å². The lowest BCUT2D eigenvalue weighted by Crippen LogP contribution is -2.34. The zero-order chi connectivity index (χ0) is 24.5. The number of unbranched alkanes of at least 4 members (excludes halogenated alkanes) is 2. The summed E-state index contributed by atoms with van der Waals surface area (Å²) in [6.45, 7) is 7.39. The van der Waals surface area contributed by atoms with Crippen LogP contribution in [0.25, 0.3) is 11.0 Å². The molecule has 188 valence electrons. The molecule has 1 atom stereocenters. The minimum Gasteiger partial charge on any atom is -0.494 e. The van der Waals surface area contributed by atoms with E-state index < -0.39 is 0 Å². The topological polar surface area (TPSA) is 65.4 Å². The zero-order valence-corrected chi connectivity index (χ0v) is 21.2. The van der Waals surface area contributed by atoms with E-state index in [-0.39, 0.29) is 12.0 Å². The summed E-state index contributed by atoms with van der Waals surface area (Å²) in [5.74, 6) is 2.64. The summed E-state index contributed by atoms with van der Waals surface area (Å²) in [5.41, 5.74) is 3.57. The molecule has 0 bridgehead atoms. The number of carbonyl (C=O) groups is 1. The molecule has 1 amide bonds. The smallest absolute Gasteiger partial charge is 0.249 e. The monoisotopic (exact) mass is 477 g/mol. The summed E-state index contributed by atoms with van der Waals surface area (Å²) in [4.78, 5) is 17.0. The van der Waals surface area contributed by atoms with E-state index in [1.165, 1.54) is 11.1 Å². The number of benzene rings is 2. The van der Waals surface area contributed by atoms with Gasteiger partial charge in [0.05, 0.1) is 17.6 Å². The maximum absolute atomic E-state index is 12.0. The number of ether oxygens (including phenoxy) is 2. The number of aryl methyl sites for hydroxylation is 2. The van der Waals surface area contributed by atoms with E-state index >= 15 is 0 Å². The molecule has 35 heavy (non-hydrogen) atoms. The van der Waals surface area contributed by atoms with Gasteiger partial charge in [0, 0.05) is 26.1 Å². The molecule has 1 saturated heterocycles. The van der Waals surface area contributed by atoms with Gasteiger partial charge >= 0.3 is 0 Å². The Balaban J connectivity index is 1.23. The SMILES string of the molecule is CC(C)c1ccc(OCCCn2c(CCCCCNC(=O)C3CCCO3)nc3ccccc32)cc1. The molecule has 1 aliphatic heterocycles. The fourth-order valence-electron chi connectivity index (χ4n) is 4.62. The van der Waals surface area contributed by atoms with Gasteiger partial charge < -0.3 is 19.4 Å². The molecule has 2 aromatic carbocycles. The molecule has 0 spiro atoms. The van der Waals surface area contributed by atoms with Gasteiger partial charge in [-0.15, -0.1) is 0 Å². The Bertz CT molecular complexity index is 1070. The van der Waals surface area contributed by atoms with Gasteiger partial charge in [-0.05, 0) is 67.9 Å². The van der Waals surface area contributed by atoms with E-state index in [1.807, 2.05) is 6.07 Å². The molecule has 3 aromatic rings. The Hall–Kier alpha value is -2.86. The third kappa shape index (κ3) is 7.07. The summed E-state index contributed by atoms with van der Waals surface area (Å²) < 4.78 is 13.8. The van der Waals surface area contributed by atoms with Crippen LogP contribution in [0.15, 0.2) is 48.5 Å². The first-order chi connectivity index (χ1) is 17.1. The van der Waals surface area contributed by atoms with Gasteiger partial charge in [0.1, 0.15) is 17.7 Å². The van der Waals surface area contributed by atoms with Crippen molar-refractivity contribution in [2.24, 2.45) is 0 Å². The first kappa shape index (κ1) is 25.2. The predicted molar refractivity (Wildman–Crippen MR) is 140 cm³/mol. The Labute approximate surface area is 209 Å². The molecular formula is C29H39N3O3. The summed E-state index contributed by atoms with van der Waals surface area (Å²) in [6, 6.07) is 16.8. The number of nitrogens with one attached hydrogen (secondary N) is 1. The third-order valence-corrected chi connectivity index (χ3v) is 6.67. The number of aromatic nitrogens is 2. The number of amides is 1. The highest BCUT2D eigenvalue weighted by molar-refractivity contribution is 5.80. The number of nitrogens with zero attached hydrogens (tertiary/aromatic N) is 2. The van der Waals surface area contributed by atoms with Crippen molar-refractivity contribution in [1.29, 1.82) is 0 Å². The quantitative estimate of drug-likeness (QED) is 0.324. The van der Waals surface area contributed by atoms with E-state index in [0.29, 0.717) is 25.7 Å². The van der Waals surface area contributed by atoms with Crippen molar-refractivity contribution >= 4 is 16.9 Å². The number of hydrogen-bond acceptors (Lipinski definition) is 4. The van der Waals surface area contributed by atoms with Crippen molar-refractivity contribution in [3.63, 3.8) is 0 Å². The summed E-state index contributed by atoms with van der Waals surface area (Å²) >= 11 is 0. The van der Waals surface area contributed by atoms with Gasteiger partial charge in [-0.3, -0.25) is 4.79 Å². The number of carbonyl (C=O) groups excluding carboxylic acids is 1. The zero-order valence-electron chi connectivity index (χ0n) is 21.2. The number of imidazole rings is 1. The number of hydrogen-bond donors (Lipinski definition) is 1. The van der Waals surface area contributed by atoms with Gasteiger partial charge in [-0.1, -0.05) is 44.5 Å². The molecule has 0 aliphatic carbocycles. The van der Waals surface area contributed by atoms with Crippen molar-refractivity contribution in [2.45, 2.75) is 77.4 Å². The van der Waals surface area contributed by atoms with Crippen LogP contribution in [0.2, 0.25) is 0 Å². The van der Waals surface area contributed by atoms with Crippen LogP contribution in [0, 0.1) is 0 Å². The highest BCUT2D eigenvalue weighted by Gasteiger charge is 2.22. The van der Waals surface area contributed by atoms with Crippen molar-refractivity contribution in [2.75, 3.05) is 19.8 Å². The normalized spacial score (nSPS) is 15.7. The molecule has 1 N–H and O–H groups in total. The van der Waals surface area contributed by atoms with Crippen molar-refractivity contribution < 1.29 is 14.3 Å². The molecule has 2 heterocycles. The van der Waals surface area contributed by atoms with E-state index in [4.69, 9.17) is 14.5 Å². The molecule has 4 rings (SSSR count). The van der Waals surface area contributed by atoms with E-state index in [2.05, 4.69) is 66.2 Å². The Morgan fingerprint density at radius 2 is 1.94 bits per heavy atom. The average molecular weight is 478 g/mol. The van der Waals surface area contributed by atoms with Gasteiger partial charge in [0.25, 0.3) is 0 Å². The lowest BCUT2D eigenvalue weighted by Gasteiger charge is -2.12. The minimum atomic E-state index is -0.238. The molecule has 6 nitrogen and oxygen atoms in total. The van der Waals surface area contributed by atoms with Crippen LogP contribution in [-0.2, 0) is 22.5 Å². The van der Waals surface area contributed by atoms with Crippen LogP contribution < -0.4 is 10.1 Å². The van der Waals surface area contributed by atoms with E-state index in [9.17, 15) is 4.79 Å². The number of para-hydroxylation sites is 2. The number of rotatable bonds is 13. The third-order valence-electron chi connectivity index (χ3n) is 6.67. The van der Waals surface area contributed by atoms with Crippen LogP contribution >= 0.6 is 0 Å². The van der Waals surface area contributed by atoms with Crippen molar-refractivity contribution in [3.05, 3.63) is 59.9 Å². The lowest BCUT2D eigenvalue weighted by molar-refractivity contribution is -0.130. The fourth-order valence-corrected chi connectivity index (χ4v) is 4.62. The first-order valence-corrected chi connectivity index (χ1v) is 13.2. The van der Waals surface area contributed by atoms with Crippen LogP contribution in [0.1, 0.15) is 69.7 Å². The minimum absolute atomic E-state index is 0.0439. The summed E-state index contributed by atoms with van der Waals surface area (Å²) in [6.07, 6.45) is 6.54. The second-order valence-corrected chi connectivity index (χ2v) is 9.70. The largest absolute Gasteiger partial charge is 0.494 e. The molecule has 6 heteroatoms. The molecule has 1 aliphatic rings. The van der Waals surface area contributed by atoms with Crippen LogP contribution in [0.5, 0.6) is 5.75 Å². The summed E-state index contributed by atoms with van der Waals surface area (Å²) in [7, 11) is 0. The maximum Gasteiger partial charge on any atom is 0.249 e. The van der Waals surface area contributed by atoms with Crippen LogP contribution in [0.3, 0.4) is 0 Å². The number of fused-ring (bicyclic) bond motifs is 1. The molecule has 1 aromatic heterocycles. The standard InChI is InChI=1S/C29H39N3O3/c1-22(2)23-14-16-24(17-15-23)34-21-9-19-32-26-11-6-5-10-25(26)31-28(32)13-4-3-7-18-30-29(33)27-12-8-20-35-27/h5-6,10-11,14-17,22,27H,3-4,7-9,12-13,18-21H2,1-2H3,(H,30,33). The average Bonchev–Trinajstić information content (AvgIpc) is 3.53. The van der Waals surface area contributed by atoms with Gasteiger partial charge in [-0.25, -0.2) is 4.98 Å². The Morgan fingerprint density at radius 3 is 2.71 bits per heavy atom. The highest BCUT2D eigenvalue weighted by atomic mass is 16.5. The van der Waals surface area contributed by atoms with Crippen molar-refractivity contribution in [1.82, 2.24) is 14.9 Å². The maximum atomic E-state index is 12.0. The van der Waals surface area contributed by atoms with Gasteiger partial charge in [-0.2, -0.15) is 0 Å². The second-order valence-electron chi connectivity index (χ2n) is 9.70. The van der Waals surface area contributed by atoms with E-state index in [0.717, 1.165) is 68.6 Å². The van der Waals surface area contributed by atoms with Gasteiger partial charge in [0.2, 0.25) is 5.91 Å². The predicted octanol–water partition coefficient (Wildman–Crippen LogP) is 5.64. The molecule has 0 radical (unpaired) electrons.